The van der Waals surface area contributed by atoms with E-state index in [0.29, 0.717) is 11.3 Å². The standard InChI is InChI=1S/C9H10N2S/c1-6(5-10)9(11)8-4-3-7(2)12-8/h3-4H,11H2,1-2H3/b9-6-. The van der Waals surface area contributed by atoms with E-state index in [1.165, 1.54) is 4.88 Å². The lowest BCUT2D eigenvalue weighted by Crippen LogP contribution is -1.96. The van der Waals surface area contributed by atoms with Crippen LogP contribution in [0.2, 0.25) is 0 Å². The minimum absolute atomic E-state index is 0.580. The minimum atomic E-state index is 0.580. The van der Waals surface area contributed by atoms with E-state index in [4.69, 9.17) is 11.0 Å². The van der Waals surface area contributed by atoms with Crippen LogP contribution in [0.4, 0.5) is 0 Å². The molecule has 0 aromatic carbocycles. The largest absolute Gasteiger partial charge is 0.397 e. The minimum Gasteiger partial charge on any atom is -0.397 e. The summed E-state index contributed by atoms with van der Waals surface area (Å²) in [5.41, 5.74) is 6.90. The maximum absolute atomic E-state index is 8.59. The number of nitriles is 1. The maximum atomic E-state index is 8.59. The summed E-state index contributed by atoms with van der Waals surface area (Å²) in [6, 6.07) is 5.97. The number of nitrogens with two attached hydrogens (primary N) is 1. The summed E-state index contributed by atoms with van der Waals surface area (Å²) in [5.74, 6) is 0. The van der Waals surface area contributed by atoms with Crippen LogP contribution in [0.3, 0.4) is 0 Å². The molecule has 0 radical (unpaired) electrons. The van der Waals surface area contributed by atoms with Crippen molar-refractivity contribution in [2.45, 2.75) is 13.8 Å². The second-order valence-electron chi connectivity index (χ2n) is 2.56. The number of hydrogen-bond donors (Lipinski definition) is 1. The molecule has 1 rings (SSSR count). The number of hydrogen-bond acceptors (Lipinski definition) is 3. The Morgan fingerprint density at radius 3 is 2.67 bits per heavy atom. The van der Waals surface area contributed by atoms with Crippen LogP contribution in [0, 0.1) is 18.3 Å². The van der Waals surface area contributed by atoms with Crippen molar-refractivity contribution < 1.29 is 0 Å². The first-order valence-corrected chi connectivity index (χ1v) is 4.40. The van der Waals surface area contributed by atoms with Gasteiger partial charge in [0.2, 0.25) is 0 Å². The van der Waals surface area contributed by atoms with Crippen molar-refractivity contribution in [1.29, 1.82) is 5.26 Å². The SMILES string of the molecule is C/C(C#N)=C(/N)c1ccc(C)s1. The van der Waals surface area contributed by atoms with Gasteiger partial charge in [-0.05, 0) is 26.0 Å². The fourth-order valence-corrected chi connectivity index (χ4v) is 1.71. The summed E-state index contributed by atoms with van der Waals surface area (Å²) in [5, 5.41) is 8.59. The predicted octanol–water partition coefficient (Wildman–Crippen LogP) is 2.27. The lowest BCUT2D eigenvalue weighted by atomic mass is 10.2. The average Bonchev–Trinajstić information content (AvgIpc) is 2.49. The van der Waals surface area contributed by atoms with Gasteiger partial charge in [-0.2, -0.15) is 5.26 Å². The van der Waals surface area contributed by atoms with E-state index in [-0.39, 0.29) is 0 Å². The van der Waals surface area contributed by atoms with Crippen molar-refractivity contribution in [2.75, 3.05) is 0 Å². The van der Waals surface area contributed by atoms with Gasteiger partial charge in [0, 0.05) is 4.88 Å². The van der Waals surface area contributed by atoms with Gasteiger partial charge < -0.3 is 5.73 Å². The second kappa shape index (κ2) is 3.42. The van der Waals surface area contributed by atoms with Gasteiger partial charge in [-0.25, -0.2) is 0 Å². The van der Waals surface area contributed by atoms with Gasteiger partial charge in [-0.15, -0.1) is 11.3 Å². The fraction of sp³-hybridized carbons (Fsp3) is 0.222. The summed E-state index contributed by atoms with van der Waals surface area (Å²) < 4.78 is 0. The normalized spacial score (nSPS) is 12.1. The third kappa shape index (κ3) is 1.66. The summed E-state index contributed by atoms with van der Waals surface area (Å²) in [4.78, 5) is 2.19. The first-order chi connectivity index (χ1) is 5.65. The van der Waals surface area contributed by atoms with Crippen LogP contribution in [0.15, 0.2) is 17.7 Å². The fourth-order valence-electron chi connectivity index (χ4n) is 0.824. The highest BCUT2D eigenvalue weighted by atomic mass is 32.1. The molecular formula is C9H10N2S. The molecule has 0 amide bonds. The van der Waals surface area contributed by atoms with Gasteiger partial charge in [-0.3, -0.25) is 0 Å². The Morgan fingerprint density at radius 2 is 2.25 bits per heavy atom. The molecule has 0 aliphatic rings. The first-order valence-electron chi connectivity index (χ1n) is 3.58. The van der Waals surface area contributed by atoms with Crippen LogP contribution >= 0.6 is 11.3 Å². The molecule has 0 unspecified atom stereocenters. The van der Waals surface area contributed by atoms with E-state index in [2.05, 4.69) is 0 Å². The van der Waals surface area contributed by atoms with E-state index in [9.17, 15) is 0 Å². The Kier molecular flexibility index (Phi) is 2.51. The van der Waals surface area contributed by atoms with Gasteiger partial charge in [0.25, 0.3) is 0 Å². The molecule has 62 valence electrons. The van der Waals surface area contributed by atoms with Crippen LogP contribution in [-0.2, 0) is 0 Å². The van der Waals surface area contributed by atoms with Crippen molar-refractivity contribution in [3.05, 3.63) is 27.5 Å². The molecule has 1 heterocycles. The lowest BCUT2D eigenvalue weighted by Gasteiger charge is -1.96. The summed E-state index contributed by atoms with van der Waals surface area (Å²) in [6.45, 7) is 3.74. The Labute approximate surface area is 75.9 Å². The van der Waals surface area contributed by atoms with Crippen LogP contribution in [0.25, 0.3) is 5.70 Å². The van der Waals surface area contributed by atoms with Crippen LogP contribution in [0.5, 0.6) is 0 Å². The molecule has 0 bridgehead atoms. The summed E-state index contributed by atoms with van der Waals surface area (Å²) in [7, 11) is 0. The van der Waals surface area contributed by atoms with Crippen LogP contribution in [-0.4, -0.2) is 0 Å². The molecule has 0 aliphatic heterocycles. The molecule has 1 aromatic heterocycles. The Bertz CT molecular complexity index is 355. The maximum Gasteiger partial charge on any atom is 0.0966 e. The number of nitrogens with zero attached hydrogens (tertiary/aromatic N) is 1. The van der Waals surface area contributed by atoms with Crippen molar-refractivity contribution in [3.63, 3.8) is 0 Å². The molecule has 1 aromatic rings. The van der Waals surface area contributed by atoms with Gasteiger partial charge in [0.05, 0.1) is 22.2 Å². The van der Waals surface area contributed by atoms with Crippen molar-refractivity contribution >= 4 is 17.0 Å². The predicted molar refractivity (Wildman–Crippen MR) is 51.5 cm³/mol. The van der Waals surface area contributed by atoms with Crippen LogP contribution < -0.4 is 5.73 Å². The van der Waals surface area contributed by atoms with E-state index in [1.807, 2.05) is 25.1 Å². The zero-order chi connectivity index (χ0) is 9.14. The smallest absolute Gasteiger partial charge is 0.0966 e. The molecule has 0 atom stereocenters. The van der Waals surface area contributed by atoms with E-state index < -0.39 is 0 Å². The molecule has 0 aliphatic carbocycles. The third-order valence-electron chi connectivity index (χ3n) is 1.58. The molecule has 12 heavy (non-hydrogen) atoms. The number of allylic oxidation sites excluding steroid dienone is 1. The van der Waals surface area contributed by atoms with Gasteiger partial charge >= 0.3 is 0 Å². The molecule has 0 saturated heterocycles. The van der Waals surface area contributed by atoms with Crippen molar-refractivity contribution in [1.82, 2.24) is 0 Å². The third-order valence-corrected chi connectivity index (χ3v) is 2.61. The molecule has 0 saturated carbocycles. The zero-order valence-corrected chi connectivity index (χ0v) is 7.90. The zero-order valence-electron chi connectivity index (χ0n) is 7.09. The van der Waals surface area contributed by atoms with E-state index in [1.54, 1.807) is 18.3 Å². The molecule has 0 fully saturated rings. The van der Waals surface area contributed by atoms with E-state index >= 15 is 0 Å². The van der Waals surface area contributed by atoms with Crippen molar-refractivity contribution in [3.8, 4) is 6.07 Å². The highest BCUT2D eigenvalue weighted by Gasteiger charge is 2.02. The Hall–Kier alpha value is -1.27. The Balaban J connectivity index is 3.09. The second-order valence-corrected chi connectivity index (χ2v) is 3.85. The van der Waals surface area contributed by atoms with Crippen LogP contribution in [0.1, 0.15) is 16.7 Å². The number of aryl methyl sites for hydroxylation is 1. The van der Waals surface area contributed by atoms with Gasteiger partial charge in [0.1, 0.15) is 0 Å². The monoisotopic (exact) mass is 178 g/mol. The quantitative estimate of drug-likeness (QED) is 0.670. The molecule has 3 heteroatoms. The lowest BCUT2D eigenvalue weighted by molar-refractivity contribution is 1.41. The average molecular weight is 178 g/mol. The first kappa shape index (κ1) is 8.82. The summed E-state index contributed by atoms with van der Waals surface area (Å²) >= 11 is 1.61. The molecule has 2 N–H and O–H groups in total. The highest BCUT2D eigenvalue weighted by molar-refractivity contribution is 7.13. The summed E-state index contributed by atoms with van der Waals surface area (Å²) in [6.07, 6.45) is 0. The van der Waals surface area contributed by atoms with Gasteiger partial charge in [0.15, 0.2) is 0 Å². The topological polar surface area (TPSA) is 49.8 Å². The van der Waals surface area contributed by atoms with Crippen molar-refractivity contribution in [2.24, 2.45) is 5.73 Å². The molecule has 0 spiro atoms. The number of rotatable bonds is 1. The molecule has 2 nitrogen and oxygen atoms in total. The number of thiophene rings is 1. The highest BCUT2D eigenvalue weighted by Crippen LogP contribution is 2.22. The Morgan fingerprint density at radius 1 is 1.58 bits per heavy atom. The van der Waals surface area contributed by atoms with Gasteiger partial charge in [-0.1, -0.05) is 0 Å². The van der Waals surface area contributed by atoms with E-state index in [0.717, 1.165) is 4.88 Å². The molecular weight excluding hydrogens is 168 g/mol.